The van der Waals surface area contributed by atoms with Crippen LogP contribution in [0.3, 0.4) is 0 Å². The van der Waals surface area contributed by atoms with E-state index in [0.717, 1.165) is 12.5 Å². The van der Waals surface area contributed by atoms with Crippen LogP contribution >= 0.6 is 0 Å². The van der Waals surface area contributed by atoms with Gasteiger partial charge in [-0.05, 0) is 25.3 Å². The minimum Gasteiger partial charge on any atom is -0.481 e. The van der Waals surface area contributed by atoms with E-state index in [-0.39, 0.29) is 19.0 Å². The molecule has 1 fully saturated rings. The number of amides is 1. The Morgan fingerprint density at radius 1 is 1.47 bits per heavy atom. The SMILES string of the molecule is CC(CNC(=O)CNCC1CC1)C(=O)O. The second-order valence-corrected chi connectivity index (χ2v) is 4.12. The summed E-state index contributed by atoms with van der Waals surface area (Å²) in [7, 11) is 0. The average molecular weight is 214 g/mol. The van der Waals surface area contributed by atoms with Crippen LogP contribution in [0.5, 0.6) is 0 Å². The molecule has 1 aliphatic carbocycles. The fourth-order valence-corrected chi connectivity index (χ4v) is 1.13. The molecule has 0 aromatic rings. The van der Waals surface area contributed by atoms with Gasteiger partial charge in [-0.25, -0.2) is 0 Å². The zero-order chi connectivity index (χ0) is 11.3. The van der Waals surface area contributed by atoms with Gasteiger partial charge in [-0.15, -0.1) is 0 Å². The number of carbonyl (C=O) groups is 2. The van der Waals surface area contributed by atoms with E-state index in [9.17, 15) is 9.59 Å². The molecule has 3 N–H and O–H groups in total. The van der Waals surface area contributed by atoms with Crippen molar-refractivity contribution in [1.29, 1.82) is 0 Å². The second kappa shape index (κ2) is 5.70. The summed E-state index contributed by atoms with van der Waals surface area (Å²) in [6.07, 6.45) is 2.51. The molecule has 1 rings (SSSR count). The first-order chi connectivity index (χ1) is 7.09. The van der Waals surface area contributed by atoms with Gasteiger partial charge in [0.15, 0.2) is 0 Å². The lowest BCUT2D eigenvalue weighted by atomic mass is 10.2. The van der Waals surface area contributed by atoms with E-state index >= 15 is 0 Å². The molecule has 5 heteroatoms. The zero-order valence-corrected chi connectivity index (χ0v) is 8.95. The first-order valence-electron chi connectivity index (χ1n) is 5.30. The summed E-state index contributed by atoms with van der Waals surface area (Å²) in [5.41, 5.74) is 0. The van der Waals surface area contributed by atoms with Crippen LogP contribution in [0.15, 0.2) is 0 Å². The lowest BCUT2D eigenvalue weighted by Crippen LogP contribution is -2.38. The highest BCUT2D eigenvalue weighted by molar-refractivity contribution is 5.79. The molecule has 0 aromatic carbocycles. The Bertz CT molecular complexity index is 239. The highest BCUT2D eigenvalue weighted by atomic mass is 16.4. The lowest BCUT2D eigenvalue weighted by Gasteiger charge is -2.08. The third-order valence-electron chi connectivity index (χ3n) is 2.44. The number of carboxylic acids is 1. The molecule has 86 valence electrons. The van der Waals surface area contributed by atoms with Gasteiger partial charge < -0.3 is 15.7 Å². The minimum absolute atomic E-state index is 0.135. The van der Waals surface area contributed by atoms with E-state index in [4.69, 9.17) is 5.11 Å². The number of carboxylic acid groups (broad SMARTS) is 1. The third-order valence-corrected chi connectivity index (χ3v) is 2.44. The molecule has 1 aliphatic rings. The van der Waals surface area contributed by atoms with Gasteiger partial charge in [-0.2, -0.15) is 0 Å². The maximum atomic E-state index is 11.2. The first-order valence-corrected chi connectivity index (χ1v) is 5.30. The monoisotopic (exact) mass is 214 g/mol. The van der Waals surface area contributed by atoms with E-state index in [0.29, 0.717) is 0 Å². The molecule has 5 nitrogen and oxygen atoms in total. The van der Waals surface area contributed by atoms with Crippen LogP contribution in [0.1, 0.15) is 19.8 Å². The van der Waals surface area contributed by atoms with Crippen molar-refractivity contribution in [2.75, 3.05) is 19.6 Å². The van der Waals surface area contributed by atoms with Crippen LogP contribution in [0.4, 0.5) is 0 Å². The molecule has 0 heterocycles. The maximum absolute atomic E-state index is 11.2. The second-order valence-electron chi connectivity index (χ2n) is 4.12. The van der Waals surface area contributed by atoms with Crippen molar-refractivity contribution in [3.05, 3.63) is 0 Å². The smallest absolute Gasteiger partial charge is 0.308 e. The van der Waals surface area contributed by atoms with Crippen molar-refractivity contribution in [2.45, 2.75) is 19.8 Å². The summed E-state index contributed by atoms with van der Waals surface area (Å²) < 4.78 is 0. The molecule has 0 spiro atoms. The molecule has 15 heavy (non-hydrogen) atoms. The van der Waals surface area contributed by atoms with Crippen LogP contribution in [0, 0.1) is 11.8 Å². The van der Waals surface area contributed by atoms with Gasteiger partial charge in [-0.1, -0.05) is 6.92 Å². The van der Waals surface area contributed by atoms with Crippen molar-refractivity contribution in [3.8, 4) is 0 Å². The Morgan fingerprint density at radius 3 is 2.67 bits per heavy atom. The lowest BCUT2D eigenvalue weighted by molar-refractivity contribution is -0.141. The molecule has 1 saturated carbocycles. The largest absolute Gasteiger partial charge is 0.481 e. The number of carbonyl (C=O) groups excluding carboxylic acids is 1. The molecule has 0 radical (unpaired) electrons. The fourth-order valence-electron chi connectivity index (χ4n) is 1.13. The highest BCUT2D eigenvalue weighted by Crippen LogP contribution is 2.27. The summed E-state index contributed by atoms with van der Waals surface area (Å²) in [5.74, 6) is -0.807. The highest BCUT2D eigenvalue weighted by Gasteiger charge is 2.20. The molecule has 0 aromatic heterocycles. The fraction of sp³-hybridized carbons (Fsp3) is 0.800. The van der Waals surface area contributed by atoms with Gasteiger partial charge in [0.1, 0.15) is 0 Å². The summed E-state index contributed by atoms with van der Waals surface area (Å²) in [6, 6.07) is 0. The predicted molar refractivity (Wildman–Crippen MR) is 55.4 cm³/mol. The van der Waals surface area contributed by atoms with E-state index in [1.54, 1.807) is 6.92 Å². The number of rotatable bonds is 7. The van der Waals surface area contributed by atoms with E-state index in [1.807, 2.05) is 0 Å². The van der Waals surface area contributed by atoms with Gasteiger partial charge in [-0.3, -0.25) is 9.59 Å². The van der Waals surface area contributed by atoms with Gasteiger partial charge in [0, 0.05) is 6.54 Å². The molecule has 1 amide bonds. The molecular weight excluding hydrogens is 196 g/mol. The normalized spacial score (nSPS) is 17.1. The van der Waals surface area contributed by atoms with Crippen LogP contribution in [-0.2, 0) is 9.59 Å². The molecule has 0 bridgehead atoms. The third kappa shape index (κ3) is 5.37. The van der Waals surface area contributed by atoms with E-state index < -0.39 is 11.9 Å². The van der Waals surface area contributed by atoms with Crippen LogP contribution < -0.4 is 10.6 Å². The maximum Gasteiger partial charge on any atom is 0.308 e. The molecule has 1 unspecified atom stereocenters. The van der Waals surface area contributed by atoms with Crippen molar-refractivity contribution in [2.24, 2.45) is 11.8 Å². The number of hydrogen-bond donors (Lipinski definition) is 3. The summed E-state index contributed by atoms with van der Waals surface area (Å²) in [5, 5.41) is 14.2. The number of hydrogen-bond acceptors (Lipinski definition) is 3. The van der Waals surface area contributed by atoms with Gasteiger partial charge in [0.2, 0.25) is 5.91 Å². The van der Waals surface area contributed by atoms with Crippen LogP contribution in [0.2, 0.25) is 0 Å². The average Bonchev–Trinajstić information content (AvgIpc) is 2.97. The molecule has 1 atom stereocenters. The Morgan fingerprint density at radius 2 is 2.13 bits per heavy atom. The molecule has 0 saturated heterocycles. The van der Waals surface area contributed by atoms with Crippen molar-refractivity contribution < 1.29 is 14.7 Å². The minimum atomic E-state index is -0.888. The predicted octanol–water partition coefficient (Wildman–Crippen LogP) is -0.177. The summed E-state index contributed by atoms with van der Waals surface area (Å²) in [6.45, 7) is 2.93. The van der Waals surface area contributed by atoms with Gasteiger partial charge in [0.05, 0.1) is 12.5 Å². The van der Waals surface area contributed by atoms with Crippen LogP contribution in [-0.4, -0.2) is 36.6 Å². The first kappa shape index (κ1) is 12.0. The Hall–Kier alpha value is -1.10. The van der Waals surface area contributed by atoms with Crippen LogP contribution in [0.25, 0.3) is 0 Å². The summed E-state index contributed by atoms with van der Waals surface area (Å²) >= 11 is 0. The Balaban J connectivity index is 1.99. The van der Waals surface area contributed by atoms with E-state index in [2.05, 4.69) is 10.6 Å². The van der Waals surface area contributed by atoms with E-state index in [1.165, 1.54) is 12.8 Å². The standard InChI is InChI=1S/C10H18N2O3/c1-7(10(14)15)4-12-9(13)6-11-5-8-2-3-8/h7-8,11H,2-6H2,1H3,(H,12,13)(H,14,15). The Kier molecular flexibility index (Phi) is 4.55. The number of nitrogens with one attached hydrogen (secondary N) is 2. The van der Waals surface area contributed by atoms with Crippen molar-refractivity contribution in [1.82, 2.24) is 10.6 Å². The van der Waals surface area contributed by atoms with Gasteiger partial charge >= 0.3 is 5.97 Å². The number of aliphatic carboxylic acids is 1. The molecular formula is C10H18N2O3. The summed E-state index contributed by atoms with van der Waals surface area (Å²) in [4.78, 5) is 21.7. The van der Waals surface area contributed by atoms with Gasteiger partial charge in [0.25, 0.3) is 0 Å². The Labute approximate surface area is 89.2 Å². The topological polar surface area (TPSA) is 78.4 Å². The van der Waals surface area contributed by atoms with Crippen molar-refractivity contribution in [3.63, 3.8) is 0 Å². The quantitative estimate of drug-likeness (QED) is 0.549. The molecule has 0 aliphatic heterocycles. The zero-order valence-electron chi connectivity index (χ0n) is 8.95. The van der Waals surface area contributed by atoms with Crippen molar-refractivity contribution >= 4 is 11.9 Å².